The van der Waals surface area contributed by atoms with Gasteiger partial charge in [-0.05, 0) is 59.5 Å². The average Bonchev–Trinajstić information content (AvgIpc) is 3.28. The molecule has 0 unspecified atom stereocenters. The smallest absolute Gasteiger partial charge is 0.264 e. The summed E-state index contributed by atoms with van der Waals surface area (Å²) in [7, 11) is -0.644. The van der Waals surface area contributed by atoms with Crippen LogP contribution in [-0.2, 0) is 27.8 Å². The van der Waals surface area contributed by atoms with Crippen LogP contribution in [0, 0.1) is 5.82 Å². The molecule has 0 fully saturated rings. The number of methoxy groups -OCH3 is 1. The molecule has 0 N–H and O–H groups in total. The summed E-state index contributed by atoms with van der Waals surface area (Å²) in [5, 5.41) is 0. The Morgan fingerprint density at radius 3 is 2.56 bits per heavy atom. The lowest BCUT2D eigenvalue weighted by Crippen LogP contribution is -2.29. The van der Waals surface area contributed by atoms with Crippen LogP contribution in [0.25, 0.3) is 6.08 Å². The first-order valence-electron chi connectivity index (χ1n) is 10.8. The molecule has 0 radical (unpaired) electrons. The topological polar surface area (TPSA) is 66.9 Å². The molecular formula is C26H25FN2O4S. The highest BCUT2D eigenvalue weighted by atomic mass is 32.2. The van der Waals surface area contributed by atoms with Crippen molar-refractivity contribution in [2.75, 3.05) is 25.0 Å². The van der Waals surface area contributed by atoms with E-state index in [1.54, 1.807) is 43.5 Å². The van der Waals surface area contributed by atoms with Gasteiger partial charge in [-0.15, -0.1) is 0 Å². The highest BCUT2D eigenvalue weighted by Crippen LogP contribution is 2.32. The second-order valence-electron chi connectivity index (χ2n) is 8.02. The number of hydrogen-bond acceptors (Lipinski definition) is 4. The van der Waals surface area contributed by atoms with Crippen molar-refractivity contribution in [2.24, 2.45) is 0 Å². The van der Waals surface area contributed by atoms with Crippen molar-refractivity contribution in [3.63, 3.8) is 0 Å². The molecule has 34 heavy (non-hydrogen) atoms. The van der Waals surface area contributed by atoms with Crippen molar-refractivity contribution in [3.8, 4) is 5.75 Å². The van der Waals surface area contributed by atoms with Gasteiger partial charge in [-0.25, -0.2) is 12.8 Å². The molecule has 0 aromatic heterocycles. The molecule has 3 aromatic carbocycles. The van der Waals surface area contributed by atoms with Gasteiger partial charge in [0.1, 0.15) is 0 Å². The van der Waals surface area contributed by atoms with Crippen LogP contribution in [0.1, 0.15) is 16.7 Å². The van der Waals surface area contributed by atoms with Crippen molar-refractivity contribution >= 4 is 27.7 Å². The summed E-state index contributed by atoms with van der Waals surface area (Å²) in [5.74, 6) is -0.595. The lowest BCUT2D eigenvalue weighted by Gasteiger charge is -2.19. The Morgan fingerprint density at radius 2 is 1.85 bits per heavy atom. The summed E-state index contributed by atoms with van der Waals surface area (Å²) < 4.78 is 46.4. The van der Waals surface area contributed by atoms with E-state index >= 15 is 0 Å². The third-order valence-corrected chi connectivity index (χ3v) is 7.57. The Labute approximate surface area is 198 Å². The molecule has 6 nitrogen and oxygen atoms in total. The summed E-state index contributed by atoms with van der Waals surface area (Å²) >= 11 is 0. The number of nitrogens with zero attached hydrogens (tertiary/aromatic N) is 2. The number of anilines is 1. The minimum atomic E-state index is -3.66. The Morgan fingerprint density at radius 1 is 1.12 bits per heavy atom. The van der Waals surface area contributed by atoms with Crippen molar-refractivity contribution in [3.05, 3.63) is 95.3 Å². The second kappa shape index (κ2) is 9.69. The van der Waals surface area contributed by atoms with E-state index in [4.69, 9.17) is 4.74 Å². The molecule has 0 atom stereocenters. The van der Waals surface area contributed by atoms with Crippen LogP contribution < -0.4 is 9.04 Å². The minimum Gasteiger partial charge on any atom is -0.494 e. The van der Waals surface area contributed by atoms with Gasteiger partial charge in [0.2, 0.25) is 5.91 Å². The van der Waals surface area contributed by atoms with Gasteiger partial charge in [0.05, 0.1) is 17.7 Å². The summed E-state index contributed by atoms with van der Waals surface area (Å²) in [5.41, 5.74) is 3.07. The Bertz CT molecular complexity index is 1340. The van der Waals surface area contributed by atoms with Gasteiger partial charge >= 0.3 is 0 Å². The maximum absolute atomic E-state index is 13.9. The average molecular weight is 481 g/mol. The Balaban J connectivity index is 1.41. The molecule has 3 aromatic rings. The van der Waals surface area contributed by atoms with Gasteiger partial charge in [-0.2, -0.15) is 0 Å². The summed E-state index contributed by atoms with van der Waals surface area (Å²) in [4.78, 5) is 14.1. The van der Waals surface area contributed by atoms with E-state index in [0.29, 0.717) is 24.1 Å². The second-order valence-corrected chi connectivity index (χ2v) is 9.88. The Kier molecular flexibility index (Phi) is 6.70. The molecule has 0 saturated heterocycles. The maximum atomic E-state index is 13.9. The van der Waals surface area contributed by atoms with Gasteiger partial charge < -0.3 is 9.64 Å². The van der Waals surface area contributed by atoms with Crippen LogP contribution in [0.5, 0.6) is 5.75 Å². The molecule has 1 aliphatic rings. The number of hydrogen-bond donors (Lipinski definition) is 0. The first-order valence-corrected chi connectivity index (χ1v) is 12.2. The van der Waals surface area contributed by atoms with Gasteiger partial charge in [0.25, 0.3) is 10.0 Å². The number of rotatable bonds is 7. The molecule has 0 aliphatic carbocycles. The predicted molar refractivity (Wildman–Crippen MR) is 130 cm³/mol. The Hall–Kier alpha value is -3.65. The zero-order valence-corrected chi connectivity index (χ0v) is 19.8. The molecule has 1 aliphatic heterocycles. The molecule has 8 heteroatoms. The predicted octanol–water partition coefficient (Wildman–Crippen LogP) is 4.26. The third kappa shape index (κ3) is 4.82. The van der Waals surface area contributed by atoms with Crippen molar-refractivity contribution in [2.45, 2.75) is 17.9 Å². The van der Waals surface area contributed by atoms with E-state index in [1.807, 2.05) is 24.3 Å². The van der Waals surface area contributed by atoms with Crippen molar-refractivity contribution < 1.29 is 22.3 Å². The van der Waals surface area contributed by atoms with Gasteiger partial charge in [-0.1, -0.05) is 36.4 Å². The molecule has 1 amide bonds. The van der Waals surface area contributed by atoms with Gasteiger partial charge in [0.15, 0.2) is 11.6 Å². The molecule has 0 bridgehead atoms. The summed E-state index contributed by atoms with van der Waals surface area (Å²) in [6, 6.07) is 18.5. The van der Waals surface area contributed by atoms with Crippen LogP contribution in [0.2, 0.25) is 0 Å². The summed E-state index contributed by atoms with van der Waals surface area (Å²) in [6.07, 6.45) is 3.71. The fourth-order valence-electron chi connectivity index (χ4n) is 3.89. The van der Waals surface area contributed by atoms with Crippen LogP contribution in [-0.4, -0.2) is 39.9 Å². The van der Waals surface area contributed by atoms with E-state index in [9.17, 15) is 17.6 Å². The van der Waals surface area contributed by atoms with Crippen molar-refractivity contribution in [1.29, 1.82) is 0 Å². The quantitative estimate of drug-likeness (QED) is 0.474. The SMILES string of the molecule is COc1ccc(CN(C)C(=O)/C=C/c2ccc(S(=O)(=O)N3CCc4ccccc43)cc2)cc1F. The zero-order valence-electron chi connectivity index (χ0n) is 18.9. The van der Waals surface area contributed by atoms with Crippen LogP contribution in [0.15, 0.2) is 77.7 Å². The first kappa shape index (κ1) is 23.5. The third-order valence-electron chi connectivity index (χ3n) is 5.74. The van der Waals surface area contributed by atoms with E-state index in [1.165, 1.54) is 34.5 Å². The number of ether oxygens (including phenoxy) is 1. The molecule has 0 spiro atoms. The van der Waals surface area contributed by atoms with Crippen LogP contribution in [0.3, 0.4) is 0 Å². The molecule has 0 saturated carbocycles. The largest absolute Gasteiger partial charge is 0.494 e. The highest BCUT2D eigenvalue weighted by molar-refractivity contribution is 7.92. The van der Waals surface area contributed by atoms with Crippen LogP contribution >= 0.6 is 0 Å². The molecule has 4 rings (SSSR count). The number of sulfonamides is 1. The molecule has 1 heterocycles. The number of fused-ring (bicyclic) bond motifs is 1. The maximum Gasteiger partial charge on any atom is 0.264 e. The van der Waals surface area contributed by atoms with Crippen LogP contribution in [0.4, 0.5) is 10.1 Å². The number of carbonyl (C=O) groups excluding carboxylic acids is 1. The van der Waals surface area contributed by atoms with E-state index in [2.05, 4.69) is 0 Å². The molecular weight excluding hydrogens is 455 g/mol. The number of halogens is 1. The van der Waals surface area contributed by atoms with E-state index < -0.39 is 15.8 Å². The summed E-state index contributed by atoms with van der Waals surface area (Å²) in [6.45, 7) is 0.654. The molecule has 176 valence electrons. The standard InChI is InChI=1S/C26H25FN2O4S/c1-28(18-20-9-13-25(33-2)23(27)17-20)26(30)14-10-19-7-11-22(12-8-19)34(31,32)29-16-15-21-5-3-4-6-24(21)29/h3-14,17H,15-16,18H2,1-2H3/b14-10+. The fraction of sp³-hybridized carbons (Fsp3) is 0.192. The normalized spacial score (nSPS) is 13.2. The fourth-order valence-corrected chi connectivity index (χ4v) is 5.39. The van der Waals surface area contributed by atoms with E-state index in [-0.39, 0.29) is 23.1 Å². The first-order chi connectivity index (χ1) is 16.3. The lowest BCUT2D eigenvalue weighted by molar-refractivity contribution is -0.125. The zero-order chi connectivity index (χ0) is 24.3. The van der Waals surface area contributed by atoms with E-state index in [0.717, 1.165) is 11.3 Å². The number of amides is 1. The number of carbonyl (C=O) groups is 1. The minimum absolute atomic E-state index is 0.150. The van der Waals surface area contributed by atoms with Crippen molar-refractivity contribution in [1.82, 2.24) is 4.90 Å². The van der Waals surface area contributed by atoms with Gasteiger partial charge in [-0.3, -0.25) is 9.10 Å². The monoisotopic (exact) mass is 480 g/mol. The van der Waals surface area contributed by atoms with Gasteiger partial charge in [0, 0.05) is 26.2 Å². The number of likely N-dealkylation sites (N-methyl/N-ethyl adjacent to an activating group) is 1. The number of para-hydroxylation sites is 1. The number of benzene rings is 3. The lowest BCUT2D eigenvalue weighted by atomic mass is 10.2. The highest BCUT2D eigenvalue weighted by Gasteiger charge is 2.30.